The summed E-state index contributed by atoms with van der Waals surface area (Å²) in [6.07, 6.45) is 0. The second-order valence-corrected chi connectivity index (χ2v) is 4.03. The Hall–Kier alpha value is -1.64. The van der Waals surface area contributed by atoms with Gasteiger partial charge in [-0.15, -0.1) is 0 Å². The van der Waals surface area contributed by atoms with Crippen LogP contribution in [-0.2, 0) is 6.54 Å². The number of rotatable bonds is 5. The first-order chi connectivity index (χ1) is 8.40. The maximum atomic E-state index is 5.43. The molecule has 0 saturated heterocycles. The van der Waals surface area contributed by atoms with Crippen molar-refractivity contribution in [3.05, 3.63) is 60.2 Å². The van der Waals surface area contributed by atoms with Crippen LogP contribution >= 0.6 is 0 Å². The lowest BCUT2D eigenvalue weighted by Gasteiger charge is -2.05. The summed E-state index contributed by atoms with van der Waals surface area (Å²) in [5.41, 5.74) is 9.24. The van der Waals surface area contributed by atoms with E-state index in [4.69, 9.17) is 5.73 Å². The van der Waals surface area contributed by atoms with Gasteiger partial charge in [0.05, 0.1) is 0 Å². The minimum absolute atomic E-state index is 0.683. The number of benzene rings is 2. The number of nitrogens with two attached hydrogens (primary N) is 1. The zero-order valence-corrected chi connectivity index (χ0v) is 9.89. The lowest BCUT2D eigenvalue weighted by molar-refractivity contribution is 0.695. The summed E-state index contributed by atoms with van der Waals surface area (Å²) in [5.74, 6) is 0. The third kappa shape index (κ3) is 3.41. The molecule has 0 saturated carbocycles. The van der Waals surface area contributed by atoms with Crippen molar-refractivity contribution in [2.75, 3.05) is 13.1 Å². The quantitative estimate of drug-likeness (QED) is 0.768. The van der Waals surface area contributed by atoms with E-state index in [1.807, 2.05) is 6.07 Å². The highest BCUT2D eigenvalue weighted by molar-refractivity contribution is 5.63. The molecule has 0 aliphatic carbocycles. The Labute approximate surface area is 102 Å². The van der Waals surface area contributed by atoms with E-state index in [1.165, 1.54) is 16.7 Å². The Morgan fingerprint density at radius 3 is 2.12 bits per heavy atom. The predicted molar refractivity (Wildman–Crippen MR) is 72.6 cm³/mol. The van der Waals surface area contributed by atoms with E-state index < -0.39 is 0 Å². The molecular weight excluding hydrogens is 208 g/mol. The van der Waals surface area contributed by atoms with Gasteiger partial charge in [-0.25, -0.2) is 0 Å². The molecule has 0 amide bonds. The first-order valence-corrected chi connectivity index (χ1v) is 5.95. The Balaban J connectivity index is 2.03. The van der Waals surface area contributed by atoms with Crippen LogP contribution in [0.2, 0.25) is 0 Å². The third-order valence-electron chi connectivity index (χ3n) is 2.71. The van der Waals surface area contributed by atoms with Crippen LogP contribution in [0.1, 0.15) is 5.56 Å². The molecule has 0 atom stereocenters. The van der Waals surface area contributed by atoms with Crippen molar-refractivity contribution in [3.8, 4) is 11.1 Å². The van der Waals surface area contributed by atoms with Crippen LogP contribution in [0.4, 0.5) is 0 Å². The summed E-state index contributed by atoms with van der Waals surface area (Å²) in [6, 6.07) is 19.1. The smallest absolute Gasteiger partial charge is 0.0206 e. The Bertz CT molecular complexity index is 434. The van der Waals surface area contributed by atoms with Gasteiger partial charge in [0.1, 0.15) is 0 Å². The molecule has 0 bridgehead atoms. The van der Waals surface area contributed by atoms with Crippen LogP contribution in [0, 0.1) is 0 Å². The average Bonchev–Trinajstić information content (AvgIpc) is 2.41. The fraction of sp³-hybridized carbons (Fsp3) is 0.200. The van der Waals surface area contributed by atoms with Gasteiger partial charge in [0.15, 0.2) is 0 Å². The van der Waals surface area contributed by atoms with Gasteiger partial charge in [0, 0.05) is 19.6 Å². The Morgan fingerprint density at radius 2 is 1.47 bits per heavy atom. The molecule has 0 unspecified atom stereocenters. The fourth-order valence-electron chi connectivity index (χ4n) is 1.78. The fourth-order valence-corrected chi connectivity index (χ4v) is 1.78. The van der Waals surface area contributed by atoms with Gasteiger partial charge in [-0.2, -0.15) is 0 Å². The topological polar surface area (TPSA) is 38.0 Å². The van der Waals surface area contributed by atoms with Crippen molar-refractivity contribution >= 4 is 0 Å². The van der Waals surface area contributed by atoms with E-state index in [0.29, 0.717) is 6.54 Å². The molecule has 88 valence electrons. The minimum atomic E-state index is 0.683. The largest absolute Gasteiger partial charge is 0.329 e. The van der Waals surface area contributed by atoms with E-state index in [0.717, 1.165) is 13.1 Å². The summed E-state index contributed by atoms with van der Waals surface area (Å²) in [6.45, 7) is 2.43. The maximum absolute atomic E-state index is 5.43. The highest BCUT2D eigenvalue weighted by Crippen LogP contribution is 2.18. The van der Waals surface area contributed by atoms with Crippen LogP contribution in [0.25, 0.3) is 11.1 Å². The average molecular weight is 226 g/mol. The molecule has 3 N–H and O–H groups in total. The first-order valence-electron chi connectivity index (χ1n) is 5.95. The van der Waals surface area contributed by atoms with E-state index in [2.05, 4.69) is 53.8 Å². The molecule has 2 aromatic carbocycles. The standard InChI is InChI=1S/C15H18N2/c16-10-11-17-12-13-6-8-15(9-7-13)14-4-2-1-3-5-14/h1-9,17H,10-12,16H2. The second kappa shape index (κ2) is 6.18. The van der Waals surface area contributed by atoms with Crippen LogP contribution in [-0.4, -0.2) is 13.1 Å². The third-order valence-corrected chi connectivity index (χ3v) is 2.71. The zero-order chi connectivity index (χ0) is 11.9. The first kappa shape index (κ1) is 11.8. The molecule has 0 spiro atoms. The normalized spacial score (nSPS) is 10.4. The summed E-state index contributed by atoms with van der Waals surface area (Å²) in [5, 5.41) is 3.29. The SMILES string of the molecule is NCCNCc1ccc(-c2ccccc2)cc1. The molecule has 2 heteroatoms. The molecule has 17 heavy (non-hydrogen) atoms. The molecule has 2 rings (SSSR count). The van der Waals surface area contributed by atoms with Crippen LogP contribution in [0.3, 0.4) is 0 Å². The molecule has 0 heterocycles. The van der Waals surface area contributed by atoms with Crippen molar-refractivity contribution < 1.29 is 0 Å². The van der Waals surface area contributed by atoms with Crippen molar-refractivity contribution in [2.24, 2.45) is 5.73 Å². The van der Waals surface area contributed by atoms with Gasteiger partial charge in [-0.1, -0.05) is 54.6 Å². The van der Waals surface area contributed by atoms with E-state index >= 15 is 0 Å². The van der Waals surface area contributed by atoms with Gasteiger partial charge in [0.2, 0.25) is 0 Å². The molecule has 0 fully saturated rings. The van der Waals surface area contributed by atoms with Crippen molar-refractivity contribution in [2.45, 2.75) is 6.54 Å². The highest BCUT2D eigenvalue weighted by atomic mass is 14.9. The van der Waals surface area contributed by atoms with E-state index in [1.54, 1.807) is 0 Å². The lowest BCUT2D eigenvalue weighted by atomic mass is 10.0. The van der Waals surface area contributed by atoms with Crippen LogP contribution in [0.15, 0.2) is 54.6 Å². The van der Waals surface area contributed by atoms with Gasteiger partial charge < -0.3 is 11.1 Å². The van der Waals surface area contributed by atoms with E-state index in [9.17, 15) is 0 Å². The summed E-state index contributed by atoms with van der Waals surface area (Å²) >= 11 is 0. The predicted octanol–water partition coefficient (Wildman–Crippen LogP) is 2.40. The molecule has 2 nitrogen and oxygen atoms in total. The van der Waals surface area contributed by atoms with E-state index in [-0.39, 0.29) is 0 Å². The number of hydrogen-bond donors (Lipinski definition) is 2. The highest BCUT2D eigenvalue weighted by Gasteiger charge is 1.96. The lowest BCUT2D eigenvalue weighted by Crippen LogP contribution is -2.21. The van der Waals surface area contributed by atoms with Crippen molar-refractivity contribution in [3.63, 3.8) is 0 Å². The Morgan fingerprint density at radius 1 is 0.824 bits per heavy atom. The zero-order valence-electron chi connectivity index (χ0n) is 9.89. The summed E-state index contributed by atoms with van der Waals surface area (Å²) in [7, 11) is 0. The summed E-state index contributed by atoms with van der Waals surface area (Å²) < 4.78 is 0. The minimum Gasteiger partial charge on any atom is -0.329 e. The molecule has 0 aromatic heterocycles. The van der Waals surface area contributed by atoms with Crippen molar-refractivity contribution in [1.82, 2.24) is 5.32 Å². The molecule has 0 aliphatic rings. The molecule has 0 radical (unpaired) electrons. The van der Waals surface area contributed by atoms with Gasteiger partial charge in [-0.05, 0) is 16.7 Å². The van der Waals surface area contributed by atoms with Crippen LogP contribution < -0.4 is 11.1 Å². The molecule has 0 aliphatic heterocycles. The van der Waals surface area contributed by atoms with Crippen LogP contribution in [0.5, 0.6) is 0 Å². The van der Waals surface area contributed by atoms with Crippen molar-refractivity contribution in [1.29, 1.82) is 0 Å². The summed E-state index contributed by atoms with van der Waals surface area (Å²) in [4.78, 5) is 0. The second-order valence-electron chi connectivity index (χ2n) is 4.03. The molecular formula is C15H18N2. The van der Waals surface area contributed by atoms with Gasteiger partial charge in [0.25, 0.3) is 0 Å². The van der Waals surface area contributed by atoms with Gasteiger partial charge in [-0.3, -0.25) is 0 Å². The monoisotopic (exact) mass is 226 g/mol. The maximum Gasteiger partial charge on any atom is 0.0206 e. The molecule has 2 aromatic rings. The number of hydrogen-bond acceptors (Lipinski definition) is 2. The Kier molecular flexibility index (Phi) is 4.30. The van der Waals surface area contributed by atoms with Gasteiger partial charge >= 0.3 is 0 Å². The number of nitrogens with one attached hydrogen (secondary N) is 1.